The molecular weight excluding hydrogens is 264 g/mol. The fourth-order valence-corrected chi connectivity index (χ4v) is 2.57. The Morgan fingerprint density at radius 1 is 0.952 bits per heavy atom. The highest BCUT2D eigenvalue weighted by Crippen LogP contribution is 2.47. The first-order valence-electron chi connectivity index (χ1n) is 8.02. The number of ketones is 1. The van der Waals surface area contributed by atoms with E-state index in [-0.39, 0.29) is 22.6 Å². The topological polar surface area (TPSA) is 43.4 Å². The maximum atomic E-state index is 12.8. The second-order valence-corrected chi connectivity index (χ2v) is 8.44. The average molecular weight is 298 g/mol. The van der Waals surface area contributed by atoms with Gasteiger partial charge in [0, 0.05) is 6.42 Å². The van der Waals surface area contributed by atoms with E-state index in [1.54, 1.807) is 6.92 Å². The number of carbonyl (C=O) groups excluding carboxylic acids is 2. The normalized spacial score (nSPS) is 17.0. The van der Waals surface area contributed by atoms with Crippen molar-refractivity contribution in [1.29, 1.82) is 0 Å². The van der Waals surface area contributed by atoms with Gasteiger partial charge in [0.1, 0.15) is 0 Å². The molecule has 3 heteroatoms. The molecule has 0 rings (SSSR count). The number of esters is 1. The van der Waals surface area contributed by atoms with Crippen molar-refractivity contribution >= 4 is 11.8 Å². The minimum Gasteiger partial charge on any atom is -0.454 e. The molecule has 0 aliphatic heterocycles. The van der Waals surface area contributed by atoms with Crippen LogP contribution < -0.4 is 0 Å². The first-order valence-corrected chi connectivity index (χ1v) is 8.02. The molecule has 0 aromatic carbocycles. The Hall–Kier alpha value is -0.860. The van der Waals surface area contributed by atoms with Crippen LogP contribution in [0, 0.1) is 16.2 Å². The summed E-state index contributed by atoms with van der Waals surface area (Å²) in [7, 11) is 0. The molecule has 0 saturated heterocycles. The molecule has 2 atom stereocenters. The SMILES string of the molecule is CCC(=O)C(CC)OC(=O)C(C)(CC(C)(C)C)C(C)(C)C. The molecule has 0 heterocycles. The predicted molar refractivity (Wildman–Crippen MR) is 87.1 cm³/mol. The Bertz CT molecular complexity index is 371. The van der Waals surface area contributed by atoms with Crippen LogP contribution in [0.3, 0.4) is 0 Å². The van der Waals surface area contributed by atoms with Crippen LogP contribution in [-0.2, 0) is 14.3 Å². The Morgan fingerprint density at radius 3 is 1.71 bits per heavy atom. The van der Waals surface area contributed by atoms with Gasteiger partial charge < -0.3 is 4.74 Å². The van der Waals surface area contributed by atoms with Gasteiger partial charge in [-0.2, -0.15) is 0 Å². The zero-order valence-corrected chi connectivity index (χ0v) is 15.4. The second kappa shape index (κ2) is 6.93. The lowest BCUT2D eigenvalue weighted by Crippen LogP contribution is -2.46. The summed E-state index contributed by atoms with van der Waals surface area (Å²) in [6, 6.07) is 0. The third kappa shape index (κ3) is 5.44. The third-order valence-electron chi connectivity index (χ3n) is 4.32. The van der Waals surface area contributed by atoms with Crippen molar-refractivity contribution in [2.75, 3.05) is 0 Å². The first kappa shape index (κ1) is 20.1. The fraction of sp³-hybridized carbons (Fsp3) is 0.889. The Morgan fingerprint density at radius 2 is 1.43 bits per heavy atom. The van der Waals surface area contributed by atoms with E-state index in [4.69, 9.17) is 4.74 Å². The van der Waals surface area contributed by atoms with E-state index in [9.17, 15) is 9.59 Å². The zero-order chi connectivity index (χ0) is 17.1. The van der Waals surface area contributed by atoms with E-state index in [0.717, 1.165) is 6.42 Å². The van der Waals surface area contributed by atoms with Crippen LogP contribution in [0.15, 0.2) is 0 Å². The largest absolute Gasteiger partial charge is 0.454 e. The first-order chi connectivity index (χ1) is 9.28. The van der Waals surface area contributed by atoms with Crippen LogP contribution in [0.5, 0.6) is 0 Å². The molecule has 3 nitrogen and oxygen atoms in total. The molecule has 0 aromatic heterocycles. The van der Waals surface area contributed by atoms with E-state index in [1.165, 1.54) is 0 Å². The summed E-state index contributed by atoms with van der Waals surface area (Å²) in [5.74, 6) is -0.253. The summed E-state index contributed by atoms with van der Waals surface area (Å²) in [6.07, 6.45) is 1.05. The molecule has 0 spiro atoms. The minimum atomic E-state index is -0.618. The third-order valence-corrected chi connectivity index (χ3v) is 4.32. The molecular formula is C18H34O3. The van der Waals surface area contributed by atoms with Gasteiger partial charge in [0.2, 0.25) is 0 Å². The summed E-state index contributed by atoms with van der Waals surface area (Å²) in [6.45, 7) is 18.2. The highest BCUT2D eigenvalue weighted by molar-refractivity contribution is 5.86. The summed E-state index contributed by atoms with van der Waals surface area (Å²) < 4.78 is 5.60. The minimum absolute atomic E-state index is 0.00197. The van der Waals surface area contributed by atoms with Gasteiger partial charge in [0.25, 0.3) is 0 Å². The van der Waals surface area contributed by atoms with Crippen LogP contribution >= 0.6 is 0 Å². The van der Waals surface area contributed by atoms with Gasteiger partial charge in [-0.3, -0.25) is 9.59 Å². The lowest BCUT2D eigenvalue weighted by atomic mass is 9.61. The molecule has 0 saturated carbocycles. The Kier molecular flexibility index (Phi) is 6.65. The van der Waals surface area contributed by atoms with Gasteiger partial charge in [-0.15, -0.1) is 0 Å². The van der Waals surface area contributed by atoms with Crippen LogP contribution in [-0.4, -0.2) is 17.9 Å². The molecule has 0 fully saturated rings. The number of hydrogen-bond donors (Lipinski definition) is 0. The van der Waals surface area contributed by atoms with Crippen molar-refractivity contribution in [2.24, 2.45) is 16.2 Å². The molecule has 0 bridgehead atoms. The average Bonchev–Trinajstić information content (AvgIpc) is 2.30. The van der Waals surface area contributed by atoms with Crippen molar-refractivity contribution in [3.05, 3.63) is 0 Å². The lowest BCUT2D eigenvalue weighted by molar-refractivity contribution is -0.173. The van der Waals surface area contributed by atoms with Gasteiger partial charge in [-0.1, -0.05) is 55.4 Å². The molecule has 2 unspecified atom stereocenters. The monoisotopic (exact) mass is 298 g/mol. The maximum Gasteiger partial charge on any atom is 0.313 e. The molecule has 124 valence electrons. The molecule has 0 aromatic rings. The van der Waals surface area contributed by atoms with E-state index in [0.29, 0.717) is 12.8 Å². The van der Waals surface area contributed by atoms with E-state index in [1.807, 2.05) is 13.8 Å². The van der Waals surface area contributed by atoms with Crippen LogP contribution in [0.2, 0.25) is 0 Å². The molecule has 0 radical (unpaired) electrons. The zero-order valence-electron chi connectivity index (χ0n) is 15.4. The van der Waals surface area contributed by atoms with Gasteiger partial charge in [0.15, 0.2) is 11.9 Å². The lowest BCUT2D eigenvalue weighted by Gasteiger charge is -2.43. The molecule has 0 aliphatic rings. The van der Waals surface area contributed by atoms with Gasteiger partial charge in [-0.05, 0) is 30.6 Å². The number of rotatable bonds is 6. The molecule has 0 amide bonds. The highest BCUT2D eigenvalue weighted by Gasteiger charge is 2.48. The van der Waals surface area contributed by atoms with Crippen molar-refractivity contribution in [2.45, 2.75) is 87.7 Å². The highest BCUT2D eigenvalue weighted by atomic mass is 16.5. The number of Topliss-reactive ketones (excluding diaryl/α,β-unsaturated/α-hetero) is 1. The van der Waals surface area contributed by atoms with E-state index < -0.39 is 11.5 Å². The van der Waals surface area contributed by atoms with Crippen molar-refractivity contribution < 1.29 is 14.3 Å². The van der Waals surface area contributed by atoms with Crippen molar-refractivity contribution in [3.63, 3.8) is 0 Å². The smallest absolute Gasteiger partial charge is 0.313 e. The van der Waals surface area contributed by atoms with Gasteiger partial charge in [-0.25, -0.2) is 0 Å². The summed E-state index contributed by atoms with van der Waals surface area (Å²) in [5, 5.41) is 0. The Balaban J connectivity index is 5.37. The predicted octanol–water partition coefficient (Wildman–Crippen LogP) is 4.78. The summed E-state index contributed by atoms with van der Waals surface area (Å²) in [4.78, 5) is 24.7. The molecule has 21 heavy (non-hydrogen) atoms. The quantitative estimate of drug-likeness (QED) is 0.663. The summed E-state index contributed by atoms with van der Waals surface area (Å²) >= 11 is 0. The number of ether oxygens (including phenoxy) is 1. The molecule has 0 aliphatic carbocycles. The fourth-order valence-electron chi connectivity index (χ4n) is 2.57. The second-order valence-electron chi connectivity index (χ2n) is 8.44. The number of hydrogen-bond acceptors (Lipinski definition) is 3. The van der Waals surface area contributed by atoms with E-state index >= 15 is 0 Å². The summed E-state index contributed by atoms with van der Waals surface area (Å²) in [5.41, 5.74) is -0.838. The van der Waals surface area contributed by atoms with Crippen molar-refractivity contribution in [3.8, 4) is 0 Å². The van der Waals surface area contributed by atoms with Crippen molar-refractivity contribution in [1.82, 2.24) is 0 Å². The van der Waals surface area contributed by atoms with Gasteiger partial charge >= 0.3 is 5.97 Å². The van der Waals surface area contributed by atoms with Crippen LogP contribution in [0.25, 0.3) is 0 Å². The van der Waals surface area contributed by atoms with Gasteiger partial charge in [0.05, 0.1) is 5.41 Å². The van der Waals surface area contributed by atoms with E-state index in [2.05, 4.69) is 41.5 Å². The molecule has 0 N–H and O–H groups in total. The van der Waals surface area contributed by atoms with Crippen LogP contribution in [0.1, 0.15) is 81.6 Å². The Labute approximate surface area is 130 Å². The van der Waals surface area contributed by atoms with Crippen LogP contribution in [0.4, 0.5) is 0 Å². The standard InChI is InChI=1S/C18H34O3/c1-10-13(19)14(11-2)21-15(20)18(9,17(6,7)8)12-16(3,4)5/h14H,10-12H2,1-9H3. The maximum absolute atomic E-state index is 12.8. The number of carbonyl (C=O) groups is 2.